The van der Waals surface area contributed by atoms with E-state index in [2.05, 4.69) is 13.8 Å². The Labute approximate surface area is 114 Å². The quantitative estimate of drug-likeness (QED) is 0.691. The zero-order valence-corrected chi connectivity index (χ0v) is 12.5. The summed E-state index contributed by atoms with van der Waals surface area (Å²) >= 11 is 0. The summed E-state index contributed by atoms with van der Waals surface area (Å²) in [6, 6.07) is -0.116. The maximum atomic E-state index is 12.4. The van der Waals surface area contributed by atoms with Gasteiger partial charge in [-0.3, -0.25) is 4.79 Å². The standard InChI is InChI=1S/C14H21NO3S/c1-4-5-12(16)15-11-8-10-6-7-14(11,13(10,2)3)9-19(15,17)18/h4-5,10-11H,6-9H2,1-3H3/b5-4+/t10-,11-,14+/m1/s1. The van der Waals surface area contributed by atoms with Crippen molar-refractivity contribution in [1.82, 2.24) is 4.31 Å². The molecule has 0 aromatic rings. The average Bonchev–Trinajstić information content (AvgIpc) is 2.75. The molecule has 3 aliphatic rings. The summed E-state index contributed by atoms with van der Waals surface area (Å²) in [5.74, 6) is 0.332. The van der Waals surface area contributed by atoms with Crippen molar-refractivity contribution in [2.24, 2.45) is 16.7 Å². The molecular weight excluding hydrogens is 262 g/mol. The van der Waals surface area contributed by atoms with Crippen molar-refractivity contribution in [3.05, 3.63) is 12.2 Å². The van der Waals surface area contributed by atoms with Crippen LogP contribution in [0.25, 0.3) is 0 Å². The molecule has 0 aromatic carbocycles. The van der Waals surface area contributed by atoms with Crippen molar-refractivity contribution in [1.29, 1.82) is 0 Å². The first-order valence-corrected chi connectivity index (χ1v) is 8.56. The van der Waals surface area contributed by atoms with Gasteiger partial charge in [-0.05, 0) is 43.6 Å². The lowest BCUT2D eigenvalue weighted by Gasteiger charge is -2.36. The van der Waals surface area contributed by atoms with Gasteiger partial charge in [0.25, 0.3) is 5.91 Å². The lowest BCUT2D eigenvalue weighted by atomic mass is 9.69. The maximum Gasteiger partial charge on any atom is 0.259 e. The molecule has 0 radical (unpaired) electrons. The van der Waals surface area contributed by atoms with Crippen LogP contribution >= 0.6 is 0 Å². The number of hydrogen-bond donors (Lipinski definition) is 0. The number of rotatable bonds is 1. The normalized spacial score (nSPS) is 41.9. The molecule has 1 aliphatic heterocycles. The van der Waals surface area contributed by atoms with Gasteiger partial charge in [0.2, 0.25) is 10.0 Å². The smallest absolute Gasteiger partial charge is 0.259 e. The number of sulfonamides is 1. The van der Waals surface area contributed by atoms with E-state index in [4.69, 9.17) is 0 Å². The SMILES string of the molecule is C/C=C/C(=O)N1[C@@H]2C[C@H]3CC[C@@]2(CS1(=O)=O)C3(C)C. The van der Waals surface area contributed by atoms with Gasteiger partial charge in [-0.15, -0.1) is 0 Å². The van der Waals surface area contributed by atoms with E-state index >= 15 is 0 Å². The lowest BCUT2D eigenvalue weighted by Crippen LogP contribution is -2.43. The Morgan fingerprint density at radius 1 is 1.37 bits per heavy atom. The van der Waals surface area contributed by atoms with Crippen LogP contribution in [0.2, 0.25) is 0 Å². The first-order chi connectivity index (χ1) is 8.76. The predicted molar refractivity (Wildman–Crippen MR) is 72.8 cm³/mol. The van der Waals surface area contributed by atoms with E-state index in [1.807, 2.05) is 0 Å². The van der Waals surface area contributed by atoms with Crippen LogP contribution in [0.5, 0.6) is 0 Å². The summed E-state index contributed by atoms with van der Waals surface area (Å²) in [7, 11) is -3.45. The van der Waals surface area contributed by atoms with Crippen molar-refractivity contribution in [3.8, 4) is 0 Å². The highest BCUT2D eigenvalue weighted by Gasteiger charge is 2.72. The van der Waals surface area contributed by atoms with Gasteiger partial charge in [0.15, 0.2) is 0 Å². The number of carbonyl (C=O) groups excluding carboxylic acids is 1. The number of allylic oxidation sites excluding steroid dienone is 1. The Balaban J connectivity index is 2.09. The minimum absolute atomic E-state index is 0.0235. The molecule has 1 saturated heterocycles. The number of hydrogen-bond acceptors (Lipinski definition) is 3. The molecule has 1 amide bonds. The third kappa shape index (κ3) is 1.40. The fourth-order valence-corrected chi connectivity index (χ4v) is 7.30. The summed E-state index contributed by atoms with van der Waals surface area (Å²) in [6.45, 7) is 6.11. The highest BCUT2D eigenvalue weighted by atomic mass is 32.2. The first-order valence-electron chi connectivity index (χ1n) is 6.95. The number of nitrogens with zero attached hydrogens (tertiary/aromatic N) is 1. The van der Waals surface area contributed by atoms with Crippen LogP contribution in [0.1, 0.15) is 40.0 Å². The topological polar surface area (TPSA) is 54.5 Å². The van der Waals surface area contributed by atoms with Gasteiger partial charge in [0.1, 0.15) is 0 Å². The van der Waals surface area contributed by atoms with E-state index in [0.29, 0.717) is 5.92 Å². The van der Waals surface area contributed by atoms with Gasteiger partial charge in [0.05, 0.1) is 11.8 Å². The van der Waals surface area contributed by atoms with Crippen LogP contribution in [-0.4, -0.2) is 30.4 Å². The van der Waals surface area contributed by atoms with E-state index in [0.717, 1.165) is 19.3 Å². The van der Waals surface area contributed by atoms with Crippen LogP contribution in [0, 0.1) is 16.7 Å². The van der Waals surface area contributed by atoms with Crippen molar-refractivity contribution in [3.63, 3.8) is 0 Å². The van der Waals surface area contributed by atoms with E-state index in [-0.39, 0.29) is 28.5 Å². The minimum Gasteiger partial charge on any atom is -0.269 e. The van der Waals surface area contributed by atoms with Gasteiger partial charge in [0, 0.05) is 5.41 Å². The summed E-state index contributed by atoms with van der Waals surface area (Å²) in [5, 5.41) is 0. The molecule has 0 unspecified atom stereocenters. The van der Waals surface area contributed by atoms with Crippen molar-refractivity contribution in [2.45, 2.75) is 46.1 Å². The fraction of sp³-hybridized carbons (Fsp3) is 0.786. The summed E-state index contributed by atoms with van der Waals surface area (Å²) in [6.07, 6.45) is 5.87. The highest BCUT2D eigenvalue weighted by molar-refractivity contribution is 7.90. The summed E-state index contributed by atoms with van der Waals surface area (Å²) < 4.78 is 26.1. The van der Waals surface area contributed by atoms with Gasteiger partial charge in [-0.1, -0.05) is 19.9 Å². The van der Waals surface area contributed by atoms with Gasteiger partial charge in [-0.2, -0.15) is 0 Å². The van der Waals surface area contributed by atoms with Crippen LogP contribution in [0.4, 0.5) is 0 Å². The Hall–Kier alpha value is -0.840. The second-order valence-electron chi connectivity index (χ2n) is 6.76. The molecular formula is C14H21NO3S. The van der Waals surface area contributed by atoms with E-state index in [1.165, 1.54) is 10.4 Å². The first kappa shape index (κ1) is 13.2. The van der Waals surface area contributed by atoms with Gasteiger partial charge >= 0.3 is 0 Å². The molecule has 5 heteroatoms. The second kappa shape index (κ2) is 3.62. The largest absolute Gasteiger partial charge is 0.269 e. The van der Waals surface area contributed by atoms with E-state index in [9.17, 15) is 13.2 Å². The second-order valence-corrected chi connectivity index (χ2v) is 8.60. The molecule has 3 atom stereocenters. The molecule has 0 N–H and O–H groups in total. The molecule has 106 valence electrons. The van der Waals surface area contributed by atoms with Crippen molar-refractivity contribution < 1.29 is 13.2 Å². The molecule has 2 saturated carbocycles. The fourth-order valence-electron chi connectivity index (χ4n) is 4.80. The third-order valence-electron chi connectivity index (χ3n) is 5.94. The summed E-state index contributed by atoms with van der Waals surface area (Å²) in [5.41, 5.74) is -0.191. The van der Waals surface area contributed by atoms with Crippen molar-refractivity contribution >= 4 is 15.9 Å². The Kier molecular flexibility index (Phi) is 2.51. The molecule has 1 spiro atoms. The van der Waals surface area contributed by atoms with Crippen LogP contribution in [0.3, 0.4) is 0 Å². The predicted octanol–water partition coefficient (Wildman–Crippen LogP) is 1.93. The lowest BCUT2D eigenvalue weighted by molar-refractivity contribution is -0.124. The molecule has 1 heterocycles. The third-order valence-corrected chi connectivity index (χ3v) is 7.85. The van der Waals surface area contributed by atoms with E-state index < -0.39 is 10.0 Å². The Morgan fingerprint density at radius 3 is 2.63 bits per heavy atom. The molecule has 2 aliphatic carbocycles. The zero-order chi connectivity index (χ0) is 14.1. The maximum absolute atomic E-state index is 12.4. The molecule has 19 heavy (non-hydrogen) atoms. The summed E-state index contributed by atoms with van der Waals surface area (Å²) in [4.78, 5) is 12.1. The molecule has 0 aromatic heterocycles. The monoisotopic (exact) mass is 283 g/mol. The molecule has 2 bridgehead atoms. The number of fused-ring (bicyclic) bond motifs is 1. The van der Waals surface area contributed by atoms with Crippen LogP contribution in [-0.2, 0) is 14.8 Å². The van der Waals surface area contributed by atoms with Gasteiger partial charge in [-0.25, -0.2) is 12.7 Å². The minimum atomic E-state index is -3.45. The molecule has 3 rings (SSSR count). The number of amides is 1. The Morgan fingerprint density at radius 2 is 2.05 bits per heavy atom. The molecule has 3 fully saturated rings. The van der Waals surface area contributed by atoms with Crippen LogP contribution < -0.4 is 0 Å². The average molecular weight is 283 g/mol. The van der Waals surface area contributed by atoms with Crippen LogP contribution in [0.15, 0.2) is 12.2 Å². The van der Waals surface area contributed by atoms with Crippen molar-refractivity contribution in [2.75, 3.05) is 5.75 Å². The molecule has 4 nitrogen and oxygen atoms in total. The highest BCUT2D eigenvalue weighted by Crippen LogP contribution is 2.69. The van der Waals surface area contributed by atoms with Gasteiger partial charge < -0.3 is 0 Å². The number of carbonyl (C=O) groups is 1. The Bertz CT molecular complexity index is 563. The van der Waals surface area contributed by atoms with E-state index in [1.54, 1.807) is 13.0 Å². The zero-order valence-electron chi connectivity index (χ0n) is 11.7.